The minimum Gasteiger partial charge on any atom is -0.347 e. The first kappa shape index (κ1) is 17.5. The van der Waals surface area contributed by atoms with Crippen LogP contribution in [0.4, 0.5) is 0 Å². The van der Waals surface area contributed by atoms with Crippen molar-refractivity contribution in [1.82, 2.24) is 14.5 Å². The lowest BCUT2D eigenvalue weighted by Crippen LogP contribution is -2.36. The molecule has 25 heavy (non-hydrogen) atoms. The lowest BCUT2D eigenvalue weighted by atomic mass is 10.2. The molecule has 3 rings (SSSR count). The first-order chi connectivity index (χ1) is 11.9. The van der Waals surface area contributed by atoms with Crippen molar-refractivity contribution in [1.29, 1.82) is 0 Å². The predicted molar refractivity (Wildman–Crippen MR) is 102 cm³/mol. The molecule has 1 amide bonds. The van der Waals surface area contributed by atoms with E-state index in [0.717, 1.165) is 26.4 Å². The highest BCUT2D eigenvalue weighted by Crippen LogP contribution is 2.21. The van der Waals surface area contributed by atoms with Crippen LogP contribution in [0.3, 0.4) is 0 Å². The summed E-state index contributed by atoms with van der Waals surface area (Å²) in [7, 11) is 3.02. The molecule has 0 aliphatic heterocycles. The predicted octanol–water partition coefficient (Wildman–Crippen LogP) is 1.95. The Kier molecular flexibility index (Phi) is 4.82. The van der Waals surface area contributed by atoms with Crippen LogP contribution < -0.4 is 16.6 Å². The summed E-state index contributed by atoms with van der Waals surface area (Å²) in [5, 5.41) is 3.23. The lowest BCUT2D eigenvalue weighted by molar-refractivity contribution is 0.0955. The summed E-state index contributed by atoms with van der Waals surface area (Å²) in [6.45, 7) is 0.401. The molecular weight excluding hydrogens is 358 g/mol. The van der Waals surface area contributed by atoms with Crippen LogP contribution in [0, 0.1) is 0 Å². The second-order valence-corrected chi connectivity index (χ2v) is 7.48. The summed E-state index contributed by atoms with van der Waals surface area (Å²) in [6, 6.07) is 9.50. The number of carbonyl (C=O) groups is 1. The van der Waals surface area contributed by atoms with E-state index in [0.29, 0.717) is 21.6 Å². The summed E-state index contributed by atoms with van der Waals surface area (Å²) in [5.74, 6) is -0.260. The highest BCUT2D eigenvalue weighted by Gasteiger charge is 2.16. The second-order valence-electron chi connectivity index (χ2n) is 5.57. The van der Waals surface area contributed by atoms with Gasteiger partial charge in [-0.15, -0.1) is 23.1 Å². The Morgan fingerprint density at radius 1 is 1.16 bits per heavy atom. The Bertz CT molecular complexity index is 1060. The molecule has 0 atom stereocenters. The van der Waals surface area contributed by atoms with Crippen LogP contribution in [-0.4, -0.2) is 21.3 Å². The number of hydrogen-bond acceptors (Lipinski definition) is 5. The molecule has 0 aliphatic carbocycles. The van der Waals surface area contributed by atoms with Gasteiger partial charge in [0, 0.05) is 25.5 Å². The Hall–Kier alpha value is -2.32. The molecule has 0 saturated heterocycles. The van der Waals surface area contributed by atoms with Crippen molar-refractivity contribution in [3.63, 3.8) is 0 Å². The Balaban J connectivity index is 1.85. The topological polar surface area (TPSA) is 73.1 Å². The van der Waals surface area contributed by atoms with Crippen LogP contribution in [0.1, 0.15) is 15.2 Å². The van der Waals surface area contributed by atoms with Crippen molar-refractivity contribution in [3.05, 3.63) is 61.6 Å². The molecule has 0 bridgehead atoms. The SMILES string of the molecule is CSc1ccc(CNC(=O)c2cc3c(=O)n(C)c(=O)n(C)c3s2)cc1. The molecule has 2 aromatic heterocycles. The third-order valence-electron chi connectivity index (χ3n) is 3.96. The number of benzene rings is 1. The average molecular weight is 375 g/mol. The monoisotopic (exact) mass is 375 g/mol. The molecule has 8 heteroatoms. The molecule has 3 aromatic rings. The van der Waals surface area contributed by atoms with E-state index in [1.54, 1.807) is 24.9 Å². The number of thioether (sulfide) groups is 1. The molecule has 0 aliphatic rings. The van der Waals surface area contributed by atoms with Gasteiger partial charge >= 0.3 is 5.69 Å². The van der Waals surface area contributed by atoms with Gasteiger partial charge in [0.2, 0.25) is 0 Å². The zero-order chi connectivity index (χ0) is 18.1. The molecule has 0 spiro atoms. The summed E-state index contributed by atoms with van der Waals surface area (Å²) >= 11 is 2.81. The Morgan fingerprint density at radius 2 is 1.84 bits per heavy atom. The average Bonchev–Trinajstić information content (AvgIpc) is 3.09. The highest BCUT2D eigenvalue weighted by molar-refractivity contribution is 7.98. The molecule has 2 heterocycles. The summed E-state index contributed by atoms with van der Waals surface area (Å²) < 4.78 is 2.43. The van der Waals surface area contributed by atoms with Gasteiger partial charge in [-0.2, -0.15) is 0 Å². The number of amides is 1. The van der Waals surface area contributed by atoms with Crippen LogP contribution >= 0.6 is 23.1 Å². The van der Waals surface area contributed by atoms with Gasteiger partial charge in [0.15, 0.2) is 0 Å². The fourth-order valence-corrected chi connectivity index (χ4v) is 3.92. The lowest BCUT2D eigenvalue weighted by Gasteiger charge is -2.04. The number of nitrogens with zero attached hydrogens (tertiary/aromatic N) is 2. The molecule has 130 valence electrons. The second kappa shape index (κ2) is 6.89. The van der Waals surface area contributed by atoms with Gasteiger partial charge in [-0.25, -0.2) is 4.79 Å². The molecule has 1 aromatic carbocycles. The van der Waals surface area contributed by atoms with E-state index in [4.69, 9.17) is 0 Å². The largest absolute Gasteiger partial charge is 0.347 e. The zero-order valence-corrected chi connectivity index (χ0v) is 15.7. The van der Waals surface area contributed by atoms with Crippen molar-refractivity contribution in [2.45, 2.75) is 11.4 Å². The van der Waals surface area contributed by atoms with Gasteiger partial charge < -0.3 is 5.32 Å². The number of fused-ring (bicyclic) bond motifs is 1. The van der Waals surface area contributed by atoms with Gasteiger partial charge in [0.25, 0.3) is 11.5 Å². The van der Waals surface area contributed by atoms with Crippen molar-refractivity contribution < 1.29 is 4.79 Å². The molecule has 1 N–H and O–H groups in total. The maximum atomic E-state index is 12.4. The molecular formula is C17H17N3O3S2. The Morgan fingerprint density at radius 3 is 2.48 bits per heavy atom. The number of rotatable bonds is 4. The van der Waals surface area contributed by atoms with E-state index in [9.17, 15) is 14.4 Å². The van der Waals surface area contributed by atoms with Gasteiger partial charge in [-0.3, -0.25) is 18.7 Å². The normalized spacial score (nSPS) is 11.0. The standard InChI is InChI=1S/C17H17N3O3S2/c1-19-15(22)12-8-13(25-16(12)20(2)17(19)23)14(21)18-9-10-4-6-11(24-3)7-5-10/h4-8H,9H2,1-3H3,(H,18,21). The fraction of sp³-hybridized carbons (Fsp3) is 0.235. The fourth-order valence-electron chi connectivity index (χ4n) is 2.49. The number of hydrogen-bond donors (Lipinski definition) is 1. The first-order valence-electron chi connectivity index (χ1n) is 7.53. The smallest absolute Gasteiger partial charge is 0.331 e. The van der Waals surface area contributed by atoms with Crippen LogP contribution in [0.5, 0.6) is 0 Å². The molecule has 0 fully saturated rings. The van der Waals surface area contributed by atoms with Gasteiger partial charge in [-0.1, -0.05) is 12.1 Å². The Labute approximate surface area is 152 Å². The van der Waals surface area contributed by atoms with Gasteiger partial charge in [-0.05, 0) is 30.0 Å². The summed E-state index contributed by atoms with van der Waals surface area (Å²) in [4.78, 5) is 38.7. The molecule has 0 unspecified atom stereocenters. The number of thiophene rings is 1. The van der Waals surface area contributed by atoms with Gasteiger partial charge in [0.1, 0.15) is 4.83 Å². The van der Waals surface area contributed by atoms with Crippen LogP contribution in [0.25, 0.3) is 10.2 Å². The third kappa shape index (κ3) is 3.27. The third-order valence-corrected chi connectivity index (χ3v) is 5.92. The van der Waals surface area contributed by atoms with Gasteiger partial charge in [0.05, 0.1) is 10.3 Å². The number of aromatic nitrogens is 2. The maximum Gasteiger partial charge on any atom is 0.331 e. The molecule has 0 radical (unpaired) electrons. The van der Waals surface area contributed by atoms with E-state index in [-0.39, 0.29) is 11.5 Å². The van der Waals surface area contributed by atoms with E-state index in [1.807, 2.05) is 30.5 Å². The highest BCUT2D eigenvalue weighted by atomic mass is 32.2. The van der Waals surface area contributed by atoms with Crippen LogP contribution in [0.2, 0.25) is 0 Å². The summed E-state index contributed by atoms with van der Waals surface area (Å²) in [6.07, 6.45) is 2.01. The minimum absolute atomic E-state index is 0.260. The quantitative estimate of drug-likeness (QED) is 0.708. The minimum atomic E-state index is -0.403. The molecule has 0 saturated carbocycles. The summed E-state index contributed by atoms with van der Waals surface area (Å²) in [5.41, 5.74) is 0.205. The number of carbonyl (C=O) groups excluding carboxylic acids is 1. The van der Waals surface area contributed by atoms with Crippen LogP contribution in [0.15, 0.2) is 44.8 Å². The zero-order valence-electron chi connectivity index (χ0n) is 14.0. The van der Waals surface area contributed by atoms with Crippen molar-refractivity contribution in [3.8, 4) is 0 Å². The van der Waals surface area contributed by atoms with E-state index >= 15 is 0 Å². The van der Waals surface area contributed by atoms with Crippen molar-refractivity contribution in [2.75, 3.05) is 6.26 Å². The number of nitrogens with one attached hydrogen (secondary N) is 1. The van der Waals surface area contributed by atoms with E-state index in [1.165, 1.54) is 11.6 Å². The van der Waals surface area contributed by atoms with Crippen molar-refractivity contribution in [2.24, 2.45) is 14.1 Å². The molecule has 6 nitrogen and oxygen atoms in total. The first-order valence-corrected chi connectivity index (χ1v) is 9.57. The van der Waals surface area contributed by atoms with Crippen LogP contribution in [-0.2, 0) is 20.6 Å². The maximum absolute atomic E-state index is 12.4. The van der Waals surface area contributed by atoms with E-state index in [2.05, 4.69) is 5.32 Å². The van der Waals surface area contributed by atoms with Crippen molar-refractivity contribution >= 4 is 39.2 Å². The number of aryl methyl sites for hydroxylation is 1. The van der Waals surface area contributed by atoms with E-state index < -0.39 is 5.69 Å².